The summed E-state index contributed by atoms with van der Waals surface area (Å²) in [6.07, 6.45) is 6.11. The molecule has 0 unspecified atom stereocenters. The second kappa shape index (κ2) is 11.7. The quantitative estimate of drug-likeness (QED) is 0.299. The number of benzene rings is 2. The Hall–Kier alpha value is -3.88. The third kappa shape index (κ3) is 6.33. The fourth-order valence-electron chi connectivity index (χ4n) is 5.47. The summed E-state index contributed by atoms with van der Waals surface area (Å²) in [5.74, 6) is 3.15. The lowest BCUT2D eigenvalue weighted by molar-refractivity contribution is -0.138. The molecule has 2 aromatic heterocycles. The first-order valence-electron chi connectivity index (χ1n) is 13.5. The van der Waals surface area contributed by atoms with Gasteiger partial charge in [-0.1, -0.05) is 62.4 Å². The molecule has 1 aliphatic rings. The summed E-state index contributed by atoms with van der Waals surface area (Å²) in [4.78, 5) is 16.0. The molecule has 0 aliphatic heterocycles. The van der Waals surface area contributed by atoms with Crippen molar-refractivity contribution in [3.63, 3.8) is 0 Å². The van der Waals surface area contributed by atoms with Crippen LogP contribution >= 0.6 is 0 Å². The number of aromatic nitrogens is 7. The Morgan fingerprint density at radius 1 is 1.03 bits per heavy atom. The van der Waals surface area contributed by atoms with E-state index in [1.807, 2.05) is 18.2 Å². The van der Waals surface area contributed by atoms with Crippen LogP contribution in [0.1, 0.15) is 63.2 Å². The van der Waals surface area contributed by atoms with Gasteiger partial charge in [0.1, 0.15) is 5.82 Å². The van der Waals surface area contributed by atoms with Crippen LogP contribution < -0.4 is 0 Å². The summed E-state index contributed by atoms with van der Waals surface area (Å²) in [6.45, 7) is 5.05. The molecule has 0 spiro atoms. The molecule has 1 saturated carbocycles. The molecule has 198 valence electrons. The third-order valence-corrected chi connectivity index (χ3v) is 7.39. The molecule has 0 amide bonds. The van der Waals surface area contributed by atoms with Crippen LogP contribution in [0.15, 0.2) is 48.5 Å². The lowest BCUT2D eigenvalue weighted by Gasteiger charge is -2.27. The summed E-state index contributed by atoms with van der Waals surface area (Å²) in [5, 5.41) is 28.6. The van der Waals surface area contributed by atoms with E-state index in [-0.39, 0.29) is 6.42 Å². The highest BCUT2D eigenvalue weighted by Gasteiger charge is 2.25. The number of carboxylic acid groups (broad SMARTS) is 1. The summed E-state index contributed by atoms with van der Waals surface area (Å²) < 4.78 is 2.07. The van der Waals surface area contributed by atoms with Crippen LogP contribution in [-0.2, 0) is 24.2 Å². The number of aromatic amines is 1. The van der Waals surface area contributed by atoms with Crippen molar-refractivity contribution in [1.82, 2.24) is 35.4 Å². The lowest BCUT2D eigenvalue weighted by Crippen LogP contribution is -2.20. The Morgan fingerprint density at radius 2 is 1.74 bits per heavy atom. The molecule has 0 atom stereocenters. The maximum atomic E-state index is 11.1. The zero-order valence-electron chi connectivity index (χ0n) is 22.0. The van der Waals surface area contributed by atoms with Crippen molar-refractivity contribution in [2.75, 3.05) is 0 Å². The van der Waals surface area contributed by atoms with E-state index in [9.17, 15) is 4.79 Å². The zero-order chi connectivity index (χ0) is 26.5. The average molecular weight is 514 g/mol. The van der Waals surface area contributed by atoms with E-state index >= 15 is 0 Å². The largest absolute Gasteiger partial charge is 0.481 e. The fourth-order valence-corrected chi connectivity index (χ4v) is 5.47. The molecule has 4 aromatic rings. The van der Waals surface area contributed by atoms with Crippen LogP contribution in [-0.4, -0.2) is 46.5 Å². The van der Waals surface area contributed by atoms with Gasteiger partial charge in [-0.25, -0.2) is 9.67 Å². The van der Waals surface area contributed by atoms with Crippen LogP contribution in [0.2, 0.25) is 0 Å². The third-order valence-electron chi connectivity index (χ3n) is 7.39. The van der Waals surface area contributed by atoms with Gasteiger partial charge in [0, 0.05) is 24.8 Å². The Labute approximate surface area is 222 Å². The number of hydrogen-bond donors (Lipinski definition) is 2. The first kappa shape index (κ1) is 25.8. The highest BCUT2D eigenvalue weighted by atomic mass is 16.4. The van der Waals surface area contributed by atoms with Crippen molar-refractivity contribution in [2.45, 2.75) is 65.3 Å². The maximum absolute atomic E-state index is 11.1. The Bertz CT molecular complexity index is 1340. The summed E-state index contributed by atoms with van der Waals surface area (Å²) in [6, 6.07) is 16.6. The van der Waals surface area contributed by atoms with Gasteiger partial charge in [0.2, 0.25) is 5.82 Å². The molecule has 0 saturated heterocycles. The second-order valence-corrected chi connectivity index (χ2v) is 10.9. The van der Waals surface area contributed by atoms with Gasteiger partial charge in [0.05, 0.1) is 6.54 Å². The smallest absolute Gasteiger partial charge is 0.303 e. The van der Waals surface area contributed by atoms with Gasteiger partial charge < -0.3 is 5.11 Å². The minimum atomic E-state index is -0.684. The minimum absolute atomic E-state index is 0.289. The number of rotatable bonds is 10. The molecular weight excluding hydrogens is 478 g/mol. The number of nitrogens with one attached hydrogen (secondary N) is 1. The Kier molecular flexibility index (Phi) is 7.91. The maximum Gasteiger partial charge on any atom is 0.303 e. The van der Waals surface area contributed by atoms with Gasteiger partial charge in [0.25, 0.3) is 0 Å². The van der Waals surface area contributed by atoms with E-state index < -0.39 is 5.97 Å². The number of carbonyl (C=O) groups is 1. The molecule has 5 rings (SSSR count). The van der Waals surface area contributed by atoms with Crippen molar-refractivity contribution in [1.29, 1.82) is 0 Å². The normalized spacial score (nSPS) is 17.7. The second-order valence-electron chi connectivity index (χ2n) is 10.9. The highest BCUT2D eigenvalue weighted by Crippen LogP contribution is 2.33. The van der Waals surface area contributed by atoms with Crippen molar-refractivity contribution in [3.05, 3.63) is 65.7 Å². The number of hydrogen-bond acceptors (Lipinski definition) is 6. The van der Waals surface area contributed by atoms with Crippen molar-refractivity contribution >= 4 is 5.97 Å². The molecule has 9 heteroatoms. The van der Waals surface area contributed by atoms with Crippen LogP contribution in [0.5, 0.6) is 0 Å². The molecule has 2 aromatic carbocycles. The SMILES string of the molecule is CC(C)Cc1nc(CC2CCC(CC(=O)O)CC2)n(Cc2ccc(-c3ccccc3-c3nn[nH]n3)cc2)n1. The first-order chi connectivity index (χ1) is 18.4. The predicted octanol–water partition coefficient (Wildman–Crippen LogP) is 5.20. The van der Waals surface area contributed by atoms with E-state index in [1.54, 1.807) is 0 Å². The van der Waals surface area contributed by atoms with Crippen LogP contribution in [0.4, 0.5) is 0 Å². The summed E-state index contributed by atoms with van der Waals surface area (Å²) in [5.41, 5.74) is 4.24. The number of carboxylic acids is 1. The van der Waals surface area contributed by atoms with Gasteiger partial charge in [-0.2, -0.15) is 10.3 Å². The molecule has 2 N–H and O–H groups in total. The fraction of sp³-hybridized carbons (Fsp3) is 0.448. The van der Waals surface area contributed by atoms with Crippen LogP contribution in [0.3, 0.4) is 0 Å². The van der Waals surface area contributed by atoms with Gasteiger partial charge in [-0.05, 0) is 65.3 Å². The molecule has 1 fully saturated rings. The predicted molar refractivity (Wildman–Crippen MR) is 144 cm³/mol. The van der Waals surface area contributed by atoms with E-state index in [0.717, 1.165) is 66.9 Å². The summed E-state index contributed by atoms with van der Waals surface area (Å²) in [7, 11) is 0. The van der Waals surface area contributed by atoms with Crippen molar-refractivity contribution < 1.29 is 9.90 Å². The van der Waals surface area contributed by atoms with Gasteiger partial charge in [0.15, 0.2) is 5.82 Å². The molecule has 9 nitrogen and oxygen atoms in total. The van der Waals surface area contributed by atoms with Crippen LogP contribution in [0.25, 0.3) is 22.5 Å². The van der Waals surface area contributed by atoms with E-state index in [4.69, 9.17) is 15.2 Å². The van der Waals surface area contributed by atoms with Crippen molar-refractivity contribution in [3.8, 4) is 22.5 Å². The first-order valence-corrected chi connectivity index (χ1v) is 13.5. The van der Waals surface area contributed by atoms with Gasteiger partial charge in [-0.15, -0.1) is 10.2 Å². The number of H-pyrrole nitrogens is 1. The standard InChI is InChI=1S/C29H35N7O2/c1-19(2)15-26-30-27(16-20-7-9-21(10-8-20)17-28(37)38)36(33-26)18-22-11-13-23(14-12-22)24-5-3-4-6-25(24)29-31-34-35-32-29/h3-6,11-14,19-21H,7-10,15-18H2,1-2H3,(H,37,38)(H,31,32,34,35). The van der Waals surface area contributed by atoms with Gasteiger partial charge in [-0.3, -0.25) is 4.79 Å². The van der Waals surface area contributed by atoms with Gasteiger partial charge >= 0.3 is 5.97 Å². The van der Waals surface area contributed by atoms with E-state index in [1.165, 1.54) is 5.56 Å². The Morgan fingerprint density at radius 3 is 2.39 bits per heavy atom. The van der Waals surface area contributed by atoms with Crippen molar-refractivity contribution in [2.24, 2.45) is 17.8 Å². The molecule has 2 heterocycles. The highest BCUT2D eigenvalue weighted by molar-refractivity contribution is 5.80. The van der Waals surface area contributed by atoms with Crippen LogP contribution in [0, 0.1) is 17.8 Å². The number of nitrogens with zero attached hydrogens (tertiary/aromatic N) is 6. The molecule has 38 heavy (non-hydrogen) atoms. The topological polar surface area (TPSA) is 122 Å². The van der Waals surface area contributed by atoms with E-state index in [0.29, 0.717) is 30.1 Å². The lowest BCUT2D eigenvalue weighted by atomic mass is 9.79. The number of aliphatic carboxylic acids is 1. The van der Waals surface area contributed by atoms with E-state index in [2.05, 4.69) is 69.5 Å². The molecule has 0 radical (unpaired) electrons. The number of tetrazole rings is 1. The zero-order valence-corrected chi connectivity index (χ0v) is 22.0. The molecule has 0 bridgehead atoms. The molecular formula is C29H35N7O2. The molecule has 1 aliphatic carbocycles. The monoisotopic (exact) mass is 513 g/mol. The summed E-state index contributed by atoms with van der Waals surface area (Å²) >= 11 is 0. The minimum Gasteiger partial charge on any atom is -0.481 e. The average Bonchev–Trinajstić information content (AvgIpc) is 3.56. The Balaban J connectivity index is 1.32.